The van der Waals surface area contributed by atoms with Crippen molar-refractivity contribution < 1.29 is 18.3 Å². The molecule has 0 spiro atoms. The van der Waals surface area contributed by atoms with Crippen LogP contribution in [-0.4, -0.2) is 30.2 Å². The van der Waals surface area contributed by atoms with Crippen molar-refractivity contribution in [2.75, 3.05) is 24.3 Å². The first-order valence-electron chi connectivity index (χ1n) is 9.55. The molecule has 0 radical (unpaired) electrons. The number of carbonyl (C=O) groups excluding carboxylic acids is 1. The minimum Gasteiger partial charge on any atom is -0.489 e. The molecular weight excluding hydrogens is 402 g/mol. The fourth-order valence-electron chi connectivity index (χ4n) is 3.10. The number of aromatic nitrogens is 2. The highest BCUT2D eigenvalue weighted by Crippen LogP contribution is 2.26. The Kier molecular flexibility index (Phi) is 5.53. The number of amides is 1. The lowest BCUT2D eigenvalue weighted by Gasteiger charge is -2.12. The first-order chi connectivity index (χ1) is 14.9. The first-order valence-corrected chi connectivity index (χ1v) is 9.55. The fourth-order valence-corrected chi connectivity index (χ4v) is 3.10. The van der Waals surface area contributed by atoms with E-state index < -0.39 is 11.6 Å². The molecule has 0 saturated heterocycles. The van der Waals surface area contributed by atoms with Crippen LogP contribution in [0.15, 0.2) is 60.7 Å². The van der Waals surface area contributed by atoms with E-state index in [0.717, 1.165) is 5.69 Å². The zero-order valence-electron chi connectivity index (χ0n) is 16.9. The van der Waals surface area contributed by atoms with Crippen LogP contribution in [-0.2, 0) is 6.61 Å². The Hall–Kier alpha value is -3.94. The van der Waals surface area contributed by atoms with Gasteiger partial charge in [0.2, 0.25) is 0 Å². The largest absolute Gasteiger partial charge is 0.489 e. The van der Waals surface area contributed by atoms with Gasteiger partial charge in [-0.1, -0.05) is 6.07 Å². The van der Waals surface area contributed by atoms with Crippen molar-refractivity contribution in [3.63, 3.8) is 0 Å². The van der Waals surface area contributed by atoms with Crippen LogP contribution in [0.1, 0.15) is 15.9 Å². The molecule has 0 aliphatic carbocycles. The number of H-pyrrole nitrogens is 1. The molecule has 1 heterocycles. The van der Waals surface area contributed by atoms with E-state index in [1.807, 2.05) is 31.1 Å². The van der Waals surface area contributed by atoms with Gasteiger partial charge >= 0.3 is 0 Å². The highest BCUT2D eigenvalue weighted by molar-refractivity contribution is 6.08. The van der Waals surface area contributed by atoms with Crippen molar-refractivity contribution in [1.82, 2.24) is 10.2 Å². The quantitative estimate of drug-likeness (QED) is 0.471. The molecule has 8 heteroatoms. The number of halogens is 2. The summed E-state index contributed by atoms with van der Waals surface area (Å²) in [6.45, 7) is -0.245. The molecule has 0 saturated carbocycles. The topological polar surface area (TPSA) is 70.2 Å². The van der Waals surface area contributed by atoms with Crippen LogP contribution in [0.2, 0.25) is 0 Å². The van der Waals surface area contributed by atoms with Crippen LogP contribution in [0.5, 0.6) is 5.75 Å². The second-order valence-corrected chi connectivity index (χ2v) is 7.16. The minimum atomic E-state index is -0.661. The van der Waals surface area contributed by atoms with Gasteiger partial charge in [-0.3, -0.25) is 9.89 Å². The highest BCUT2D eigenvalue weighted by Gasteiger charge is 2.13. The van der Waals surface area contributed by atoms with E-state index in [4.69, 9.17) is 4.74 Å². The average molecular weight is 422 g/mol. The second kappa shape index (κ2) is 8.43. The molecule has 4 rings (SSSR count). The Morgan fingerprint density at radius 2 is 1.77 bits per heavy atom. The van der Waals surface area contributed by atoms with Crippen molar-refractivity contribution in [1.29, 1.82) is 0 Å². The molecule has 3 aromatic carbocycles. The Bertz CT molecular complexity index is 1220. The maximum Gasteiger partial charge on any atom is 0.256 e. The molecular formula is C23H20F2N4O2. The van der Waals surface area contributed by atoms with Crippen LogP contribution in [0.25, 0.3) is 10.9 Å². The van der Waals surface area contributed by atoms with E-state index in [9.17, 15) is 13.6 Å². The predicted molar refractivity (Wildman–Crippen MR) is 116 cm³/mol. The third-order valence-electron chi connectivity index (χ3n) is 4.86. The van der Waals surface area contributed by atoms with Crippen LogP contribution < -0.4 is 15.0 Å². The normalized spacial score (nSPS) is 10.8. The van der Waals surface area contributed by atoms with Crippen LogP contribution >= 0.6 is 0 Å². The lowest BCUT2D eigenvalue weighted by atomic mass is 10.2. The third-order valence-corrected chi connectivity index (χ3v) is 4.86. The Labute approximate surface area is 177 Å². The molecule has 0 fully saturated rings. The molecule has 6 nitrogen and oxygen atoms in total. The number of hydrogen-bond donors (Lipinski definition) is 2. The van der Waals surface area contributed by atoms with E-state index in [0.29, 0.717) is 28.0 Å². The summed E-state index contributed by atoms with van der Waals surface area (Å²) in [6, 6.07) is 15.9. The molecule has 0 aliphatic heterocycles. The minimum absolute atomic E-state index is 0.138. The maximum absolute atomic E-state index is 13.8. The number of fused-ring (bicyclic) bond motifs is 1. The number of ether oxygens (including phenoxy) is 1. The van der Waals surface area contributed by atoms with Crippen LogP contribution in [0.3, 0.4) is 0 Å². The number of aromatic amines is 1. The van der Waals surface area contributed by atoms with Crippen molar-refractivity contribution in [2.45, 2.75) is 6.61 Å². The van der Waals surface area contributed by atoms with Gasteiger partial charge in [0.05, 0.1) is 11.1 Å². The maximum atomic E-state index is 13.8. The smallest absolute Gasteiger partial charge is 0.256 e. The number of nitrogens with zero attached hydrogens (tertiary/aromatic N) is 2. The van der Waals surface area contributed by atoms with Crippen molar-refractivity contribution in [3.8, 4) is 5.75 Å². The van der Waals surface area contributed by atoms with E-state index in [1.54, 1.807) is 30.3 Å². The van der Waals surface area contributed by atoms with E-state index >= 15 is 0 Å². The van der Waals surface area contributed by atoms with Crippen LogP contribution in [0.4, 0.5) is 20.3 Å². The van der Waals surface area contributed by atoms with Crippen molar-refractivity contribution in [2.24, 2.45) is 0 Å². The highest BCUT2D eigenvalue weighted by atomic mass is 19.1. The number of nitrogens with one attached hydrogen (secondary N) is 2. The molecule has 0 unspecified atom stereocenters. The third kappa shape index (κ3) is 4.32. The predicted octanol–water partition coefficient (Wildman–Crippen LogP) is 4.74. The number of benzene rings is 3. The van der Waals surface area contributed by atoms with Gasteiger partial charge in [-0.15, -0.1) is 0 Å². The van der Waals surface area contributed by atoms with Gasteiger partial charge in [0.1, 0.15) is 24.0 Å². The van der Waals surface area contributed by atoms with Gasteiger partial charge in [-0.25, -0.2) is 8.78 Å². The van der Waals surface area contributed by atoms with E-state index in [-0.39, 0.29) is 18.1 Å². The Balaban J connectivity index is 1.47. The molecule has 158 valence electrons. The summed E-state index contributed by atoms with van der Waals surface area (Å²) in [6.07, 6.45) is 0. The van der Waals surface area contributed by atoms with Gasteiger partial charge in [0.25, 0.3) is 5.91 Å². The summed E-state index contributed by atoms with van der Waals surface area (Å²) < 4.78 is 33.0. The van der Waals surface area contributed by atoms with Gasteiger partial charge in [0.15, 0.2) is 5.82 Å². The summed E-state index contributed by atoms with van der Waals surface area (Å²) in [7, 11) is 3.85. The second-order valence-electron chi connectivity index (χ2n) is 7.16. The molecule has 0 atom stereocenters. The lowest BCUT2D eigenvalue weighted by Crippen LogP contribution is -2.13. The number of carbonyl (C=O) groups is 1. The molecule has 1 aromatic heterocycles. The Morgan fingerprint density at radius 1 is 1.06 bits per heavy atom. The van der Waals surface area contributed by atoms with Gasteiger partial charge in [0, 0.05) is 36.8 Å². The van der Waals surface area contributed by atoms with Gasteiger partial charge in [-0.2, -0.15) is 5.10 Å². The lowest BCUT2D eigenvalue weighted by molar-refractivity contribution is 0.102. The summed E-state index contributed by atoms with van der Waals surface area (Å²) in [5.74, 6) is -0.814. The van der Waals surface area contributed by atoms with Gasteiger partial charge < -0.3 is 15.0 Å². The van der Waals surface area contributed by atoms with Crippen molar-refractivity contribution >= 4 is 28.3 Å². The number of anilines is 2. The molecule has 0 aliphatic rings. The monoisotopic (exact) mass is 422 g/mol. The van der Waals surface area contributed by atoms with Gasteiger partial charge in [-0.05, 0) is 48.5 Å². The molecule has 0 bridgehead atoms. The molecule has 2 N–H and O–H groups in total. The molecule has 4 aromatic rings. The first kappa shape index (κ1) is 20.3. The van der Waals surface area contributed by atoms with E-state index in [2.05, 4.69) is 15.5 Å². The van der Waals surface area contributed by atoms with Crippen LogP contribution in [0, 0.1) is 11.6 Å². The average Bonchev–Trinajstić information content (AvgIpc) is 3.15. The standard InChI is InChI=1S/C23H20F2N4O2/c1-29(2)15-8-6-14(7-9-15)23(30)26-22-17-11-10-16(12-21(17)27-28-22)31-13-18-19(24)4-3-5-20(18)25/h3-12H,13H2,1-2H3,(H2,26,27,28,30). The number of hydrogen-bond acceptors (Lipinski definition) is 4. The summed E-state index contributed by atoms with van der Waals surface area (Å²) in [5, 5.41) is 10.5. The Morgan fingerprint density at radius 3 is 2.45 bits per heavy atom. The fraction of sp³-hybridized carbons (Fsp3) is 0.130. The SMILES string of the molecule is CN(C)c1ccc(C(=O)Nc2n[nH]c3cc(OCc4c(F)cccc4F)ccc23)cc1. The summed E-state index contributed by atoms with van der Waals surface area (Å²) >= 11 is 0. The number of rotatable bonds is 6. The summed E-state index contributed by atoms with van der Waals surface area (Å²) in [4.78, 5) is 14.5. The van der Waals surface area contributed by atoms with Crippen molar-refractivity contribution in [3.05, 3.63) is 83.4 Å². The molecule has 31 heavy (non-hydrogen) atoms. The van der Waals surface area contributed by atoms with E-state index in [1.165, 1.54) is 18.2 Å². The zero-order valence-corrected chi connectivity index (χ0v) is 16.9. The molecule has 1 amide bonds. The summed E-state index contributed by atoms with van der Waals surface area (Å²) in [5.41, 5.74) is 1.98. The zero-order chi connectivity index (χ0) is 22.0.